The van der Waals surface area contributed by atoms with Crippen molar-refractivity contribution >= 4 is 17.2 Å². The Bertz CT molecular complexity index is 715. The topological polar surface area (TPSA) is 41.1 Å². The van der Waals surface area contributed by atoms with Crippen LogP contribution < -0.4 is 10.6 Å². The smallest absolute Gasteiger partial charge is 0.220 e. The van der Waals surface area contributed by atoms with Crippen molar-refractivity contribution in [1.29, 1.82) is 0 Å². The Balaban J connectivity index is 1.22. The number of hydrogen-bond acceptors (Lipinski definition) is 3. The second kappa shape index (κ2) is 7.08. The summed E-state index contributed by atoms with van der Waals surface area (Å²) in [5, 5.41) is 6.64. The highest BCUT2D eigenvalue weighted by Crippen LogP contribution is 2.30. The zero-order valence-corrected chi connectivity index (χ0v) is 14.8. The third-order valence-electron chi connectivity index (χ3n) is 5.14. The second-order valence-corrected chi connectivity index (χ2v) is 8.10. The van der Waals surface area contributed by atoms with E-state index >= 15 is 0 Å². The zero-order chi connectivity index (χ0) is 16.4. The summed E-state index contributed by atoms with van der Waals surface area (Å²) in [6.45, 7) is 1.61. The number of aryl methyl sites for hydroxylation is 2. The average Bonchev–Trinajstić information content (AvgIpc) is 3.19. The summed E-state index contributed by atoms with van der Waals surface area (Å²) in [7, 11) is 0. The number of rotatable bonds is 5. The van der Waals surface area contributed by atoms with Gasteiger partial charge in [0, 0.05) is 28.8 Å². The van der Waals surface area contributed by atoms with Gasteiger partial charge in [0.05, 0.1) is 6.54 Å². The number of hydrogen-bond donors (Lipinski definition) is 2. The van der Waals surface area contributed by atoms with Gasteiger partial charge in [0.2, 0.25) is 5.91 Å². The summed E-state index contributed by atoms with van der Waals surface area (Å²) in [5.74, 6) is 0.171. The molecule has 2 aromatic rings. The van der Waals surface area contributed by atoms with Gasteiger partial charge >= 0.3 is 0 Å². The minimum Gasteiger partial charge on any atom is -0.351 e. The second-order valence-electron chi connectivity index (χ2n) is 6.88. The van der Waals surface area contributed by atoms with E-state index < -0.39 is 0 Å². The van der Waals surface area contributed by atoms with Crippen LogP contribution in [0, 0.1) is 0 Å². The molecule has 0 bridgehead atoms. The van der Waals surface area contributed by atoms with Crippen molar-refractivity contribution in [3.05, 3.63) is 56.8 Å². The standard InChI is InChI=1S/C20H24N2OS/c23-20(22-13-18-11-15-6-3-7-19(15)24-18)9-8-17-10-14-4-1-2-5-16(14)12-21-17/h1-2,4-5,11,17,21H,3,6-10,12-13H2,(H,22,23). The molecular formula is C20H24N2OS. The van der Waals surface area contributed by atoms with Crippen molar-refractivity contribution in [3.8, 4) is 0 Å². The van der Waals surface area contributed by atoms with E-state index in [1.165, 1.54) is 45.7 Å². The first-order chi connectivity index (χ1) is 11.8. The SMILES string of the molecule is O=C(CCC1Cc2ccccc2CN1)NCc1cc2c(s1)CCC2. The van der Waals surface area contributed by atoms with Crippen molar-refractivity contribution in [2.45, 2.75) is 57.7 Å². The highest BCUT2D eigenvalue weighted by atomic mass is 32.1. The van der Waals surface area contributed by atoms with E-state index in [9.17, 15) is 4.79 Å². The van der Waals surface area contributed by atoms with Crippen molar-refractivity contribution in [2.75, 3.05) is 0 Å². The maximum Gasteiger partial charge on any atom is 0.220 e. The third kappa shape index (κ3) is 3.55. The number of carbonyl (C=O) groups is 1. The maximum absolute atomic E-state index is 12.1. The van der Waals surface area contributed by atoms with Gasteiger partial charge in [0.25, 0.3) is 0 Å². The van der Waals surface area contributed by atoms with Gasteiger partial charge in [0.1, 0.15) is 0 Å². The first-order valence-electron chi connectivity index (χ1n) is 8.95. The molecule has 0 radical (unpaired) electrons. The van der Waals surface area contributed by atoms with Crippen molar-refractivity contribution < 1.29 is 4.79 Å². The molecule has 1 unspecified atom stereocenters. The van der Waals surface area contributed by atoms with E-state index in [0.717, 1.165) is 19.4 Å². The molecule has 24 heavy (non-hydrogen) atoms. The molecule has 2 heterocycles. The molecule has 0 spiro atoms. The number of fused-ring (bicyclic) bond motifs is 2. The van der Waals surface area contributed by atoms with Gasteiger partial charge in [-0.1, -0.05) is 24.3 Å². The van der Waals surface area contributed by atoms with Crippen molar-refractivity contribution in [1.82, 2.24) is 10.6 Å². The molecule has 0 fully saturated rings. The van der Waals surface area contributed by atoms with Crippen molar-refractivity contribution in [2.24, 2.45) is 0 Å². The lowest BCUT2D eigenvalue weighted by molar-refractivity contribution is -0.121. The summed E-state index contributed by atoms with van der Waals surface area (Å²) < 4.78 is 0. The fourth-order valence-electron chi connectivity index (χ4n) is 3.78. The molecule has 0 saturated heterocycles. The molecule has 4 heteroatoms. The minimum absolute atomic E-state index is 0.171. The molecule has 4 rings (SSSR count). The highest BCUT2D eigenvalue weighted by molar-refractivity contribution is 7.12. The van der Waals surface area contributed by atoms with Crippen molar-refractivity contribution in [3.63, 3.8) is 0 Å². The fraction of sp³-hybridized carbons (Fsp3) is 0.450. The molecule has 3 nitrogen and oxygen atoms in total. The predicted molar refractivity (Wildman–Crippen MR) is 98.2 cm³/mol. The zero-order valence-electron chi connectivity index (χ0n) is 13.9. The van der Waals surface area contributed by atoms with Gasteiger partial charge in [-0.05, 0) is 54.9 Å². The van der Waals surface area contributed by atoms with Gasteiger partial charge in [-0.25, -0.2) is 0 Å². The Labute approximate surface area is 147 Å². The lowest BCUT2D eigenvalue weighted by Crippen LogP contribution is -2.36. The van der Waals surface area contributed by atoms with Crippen LogP contribution in [0.15, 0.2) is 30.3 Å². The number of amides is 1. The molecular weight excluding hydrogens is 316 g/mol. The molecule has 1 aromatic carbocycles. The molecule has 2 N–H and O–H groups in total. The minimum atomic E-state index is 0.171. The van der Waals surface area contributed by atoms with Crippen LogP contribution in [-0.4, -0.2) is 11.9 Å². The van der Waals surface area contributed by atoms with Crippen LogP contribution >= 0.6 is 11.3 Å². The number of thiophene rings is 1. The average molecular weight is 340 g/mol. The van der Waals surface area contributed by atoms with Gasteiger partial charge in [0.15, 0.2) is 0 Å². The van der Waals surface area contributed by atoms with Gasteiger partial charge in [-0.2, -0.15) is 0 Å². The highest BCUT2D eigenvalue weighted by Gasteiger charge is 2.19. The lowest BCUT2D eigenvalue weighted by Gasteiger charge is -2.26. The number of carbonyl (C=O) groups excluding carboxylic acids is 1. The number of nitrogens with one attached hydrogen (secondary N) is 2. The van der Waals surface area contributed by atoms with E-state index in [1.54, 1.807) is 0 Å². The first kappa shape index (κ1) is 15.9. The lowest BCUT2D eigenvalue weighted by atomic mass is 9.93. The Morgan fingerprint density at radius 1 is 1.21 bits per heavy atom. The van der Waals surface area contributed by atoms with Crippen LogP contribution in [0.3, 0.4) is 0 Å². The normalized spacial score (nSPS) is 18.9. The van der Waals surface area contributed by atoms with Crippen LogP contribution in [0.25, 0.3) is 0 Å². The third-order valence-corrected chi connectivity index (χ3v) is 6.38. The van der Waals surface area contributed by atoms with Crippen LogP contribution in [-0.2, 0) is 37.1 Å². The van der Waals surface area contributed by atoms with E-state index in [2.05, 4.69) is 41.0 Å². The summed E-state index contributed by atoms with van der Waals surface area (Å²) in [6, 6.07) is 11.3. The molecule has 2 aliphatic rings. The van der Waals surface area contributed by atoms with Gasteiger partial charge in [-0.3, -0.25) is 4.79 Å². The van der Waals surface area contributed by atoms with Crippen LogP contribution in [0.2, 0.25) is 0 Å². The van der Waals surface area contributed by atoms with E-state index in [1.807, 2.05) is 11.3 Å². The molecule has 1 amide bonds. The molecule has 1 atom stereocenters. The summed E-state index contributed by atoms with van der Waals surface area (Å²) in [4.78, 5) is 15.0. The Kier molecular flexibility index (Phi) is 4.67. The molecule has 126 valence electrons. The summed E-state index contributed by atoms with van der Waals surface area (Å²) >= 11 is 1.88. The monoisotopic (exact) mass is 340 g/mol. The Hall–Kier alpha value is -1.65. The summed E-state index contributed by atoms with van der Waals surface area (Å²) in [6.07, 6.45) is 6.27. The van der Waals surface area contributed by atoms with Gasteiger partial charge in [-0.15, -0.1) is 11.3 Å². The first-order valence-corrected chi connectivity index (χ1v) is 9.77. The molecule has 1 aliphatic heterocycles. The molecule has 1 aliphatic carbocycles. The Morgan fingerprint density at radius 3 is 2.96 bits per heavy atom. The van der Waals surface area contributed by atoms with Crippen LogP contribution in [0.4, 0.5) is 0 Å². The molecule has 0 saturated carbocycles. The summed E-state index contributed by atoms with van der Waals surface area (Å²) in [5.41, 5.74) is 4.33. The predicted octanol–water partition coefficient (Wildman–Crippen LogP) is 3.35. The van der Waals surface area contributed by atoms with Crippen LogP contribution in [0.1, 0.15) is 45.7 Å². The van der Waals surface area contributed by atoms with E-state index in [0.29, 0.717) is 19.0 Å². The largest absolute Gasteiger partial charge is 0.351 e. The quantitative estimate of drug-likeness (QED) is 0.876. The van der Waals surface area contributed by atoms with Gasteiger partial charge < -0.3 is 10.6 Å². The number of benzene rings is 1. The van der Waals surface area contributed by atoms with E-state index in [-0.39, 0.29) is 5.91 Å². The van der Waals surface area contributed by atoms with Crippen LogP contribution in [0.5, 0.6) is 0 Å². The Morgan fingerprint density at radius 2 is 2.08 bits per heavy atom. The fourth-order valence-corrected chi connectivity index (χ4v) is 4.98. The molecule has 1 aromatic heterocycles. The maximum atomic E-state index is 12.1. The van der Waals surface area contributed by atoms with E-state index in [4.69, 9.17) is 0 Å².